The van der Waals surface area contributed by atoms with Crippen LogP contribution in [-0.4, -0.2) is 18.9 Å². The third kappa shape index (κ3) is 3.89. The summed E-state index contributed by atoms with van der Waals surface area (Å²) in [6.07, 6.45) is 0. The van der Waals surface area contributed by atoms with E-state index in [2.05, 4.69) is 19.2 Å². The van der Waals surface area contributed by atoms with Gasteiger partial charge in [0, 0.05) is 11.3 Å². The van der Waals surface area contributed by atoms with Crippen LogP contribution in [0.2, 0.25) is 0 Å². The lowest BCUT2D eigenvalue weighted by Crippen LogP contribution is -2.32. The van der Waals surface area contributed by atoms with E-state index in [4.69, 9.17) is 4.74 Å². The summed E-state index contributed by atoms with van der Waals surface area (Å²) in [7, 11) is 1.55. The maximum Gasteiger partial charge on any atom is 0.282 e. The first-order valence-corrected chi connectivity index (χ1v) is 10.6. The number of carbonyl (C=O) groups is 2. The average molecular weight is 427 g/mol. The van der Waals surface area contributed by atoms with E-state index in [9.17, 15) is 9.59 Å². The van der Waals surface area contributed by atoms with Crippen LogP contribution in [0.4, 0.5) is 11.4 Å². The van der Waals surface area contributed by atoms with Gasteiger partial charge in [0.15, 0.2) is 0 Å². The Kier molecular flexibility index (Phi) is 5.82. The highest BCUT2D eigenvalue weighted by atomic mass is 16.5. The number of rotatable bonds is 6. The largest absolute Gasteiger partial charge is 0.496 e. The highest BCUT2D eigenvalue weighted by molar-refractivity contribution is 6.46. The SMILES string of the molecule is COc1ccccc1C1=C(Nc2ccc(C(C)C)cc2)C(=O)N(c2ccc(C)cc2)C1=O. The van der Waals surface area contributed by atoms with E-state index in [0.717, 1.165) is 11.3 Å². The lowest BCUT2D eigenvalue weighted by Gasteiger charge is -2.16. The van der Waals surface area contributed by atoms with Gasteiger partial charge in [-0.05, 0) is 48.7 Å². The van der Waals surface area contributed by atoms with Crippen molar-refractivity contribution in [2.45, 2.75) is 26.7 Å². The van der Waals surface area contributed by atoms with Gasteiger partial charge in [-0.2, -0.15) is 0 Å². The fourth-order valence-electron chi connectivity index (χ4n) is 3.77. The number of aryl methyl sites for hydroxylation is 1. The van der Waals surface area contributed by atoms with E-state index in [-0.39, 0.29) is 11.6 Å². The van der Waals surface area contributed by atoms with Crippen LogP contribution < -0.4 is 15.0 Å². The summed E-state index contributed by atoms with van der Waals surface area (Å²) in [6.45, 7) is 6.22. The number of imide groups is 1. The van der Waals surface area contributed by atoms with Gasteiger partial charge in [0.1, 0.15) is 11.4 Å². The van der Waals surface area contributed by atoms with Crippen LogP contribution in [-0.2, 0) is 9.59 Å². The van der Waals surface area contributed by atoms with Crippen LogP contribution in [0.25, 0.3) is 5.57 Å². The van der Waals surface area contributed by atoms with Gasteiger partial charge >= 0.3 is 0 Å². The van der Waals surface area contributed by atoms with Crippen LogP contribution in [0.15, 0.2) is 78.5 Å². The summed E-state index contributed by atoms with van der Waals surface area (Å²) in [6, 6.07) is 22.5. The first-order valence-electron chi connectivity index (χ1n) is 10.6. The molecule has 1 N–H and O–H groups in total. The van der Waals surface area contributed by atoms with Crippen LogP contribution >= 0.6 is 0 Å². The number of methoxy groups -OCH3 is 1. The number of para-hydroxylation sites is 1. The van der Waals surface area contributed by atoms with Gasteiger partial charge in [0.25, 0.3) is 11.8 Å². The predicted molar refractivity (Wildman–Crippen MR) is 128 cm³/mol. The molecule has 5 heteroatoms. The maximum atomic E-state index is 13.6. The summed E-state index contributed by atoms with van der Waals surface area (Å²) < 4.78 is 5.49. The Labute approximate surface area is 188 Å². The predicted octanol–water partition coefficient (Wildman–Crippen LogP) is 5.52. The molecule has 1 heterocycles. The highest BCUT2D eigenvalue weighted by Gasteiger charge is 2.41. The van der Waals surface area contributed by atoms with Gasteiger partial charge in [0.2, 0.25) is 0 Å². The molecule has 4 rings (SSSR count). The molecule has 0 atom stereocenters. The lowest BCUT2D eigenvalue weighted by molar-refractivity contribution is -0.120. The minimum Gasteiger partial charge on any atom is -0.496 e. The molecule has 162 valence electrons. The van der Waals surface area contributed by atoms with Crippen molar-refractivity contribution in [3.63, 3.8) is 0 Å². The number of hydrogen-bond donors (Lipinski definition) is 1. The number of amides is 2. The number of anilines is 2. The van der Waals surface area contributed by atoms with Gasteiger partial charge in [0.05, 0.1) is 18.4 Å². The Morgan fingerprint density at radius 1 is 0.844 bits per heavy atom. The number of carbonyl (C=O) groups excluding carboxylic acids is 2. The molecule has 0 aromatic heterocycles. The second-order valence-electron chi connectivity index (χ2n) is 8.13. The van der Waals surface area contributed by atoms with Crippen LogP contribution in [0, 0.1) is 6.92 Å². The third-order valence-corrected chi connectivity index (χ3v) is 5.60. The van der Waals surface area contributed by atoms with Crippen LogP contribution in [0.5, 0.6) is 5.75 Å². The van der Waals surface area contributed by atoms with E-state index in [0.29, 0.717) is 28.5 Å². The first-order chi connectivity index (χ1) is 15.4. The van der Waals surface area contributed by atoms with Crippen molar-refractivity contribution in [1.29, 1.82) is 0 Å². The van der Waals surface area contributed by atoms with E-state index in [1.807, 2.05) is 55.5 Å². The molecule has 0 unspecified atom stereocenters. The third-order valence-electron chi connectivity index (χ3n) is 5.60. The van der Waals surface area contributed by atoms with Gasteiger partial charge in [-0.25, -0.2) is 4.90 Å². The quantitative estimate of drug-likeness (QED) is 0.527. The molecular weight excluding hydrogens is 400 g/mol. The number of nitrogens with zero attached hydrogens (tertiary/aromatic N) is 1. The van der Waals surface area contributed by atoms with Crippen molar-refractivity contribution < 1.29 is 14.3 Å². The molecule has 0 radical (unpaired) electrons. The smallest absolute Gasteiger partial charge is 0.282 e. The van der Waals surface area contributed by atoms with Crippen LogP contribution in [0.1, 0.15) is 36.5 Å². The number of nitrogens with one attached hydrogen (secondary N) is 1. The molecule has 0 saturated heterocycles. The summed E-state index contributed by atoms with van der Waals surface area (Å²) >= 11 is 0. The Morgan fingerprint density at radius 3 is 2.12 bits per heavy atom. The summed E-state index contributed by atoms with van der Waals surface area (Å²) in [4.78, 5) is 28.3. The molecule has 2 amide bonds. The number of ether oxygens (including phenoxy) is 1. The topological polar surface area (TPSA) is 58.6 Å². The second-order valence-corrected chi connectivity index (χ2v) is 8.13. The molecule has 0 aliphatic carbocycles. The van der Waals surface area contributed by atoms with E-state index < -0.39 is 5.91 Å². The van der Waals surface area contributed by atoms with Crippen LogP contribution in [0.3, 0.4) is 0 Å². The molecule has 3 aromatic carbocycles. The second kappa shape index (κ2) is 8.71. The first kappa shape index (κ1) is 21.4. The monoisotopic (exact) mass is 426 g/mol. The molecule has 0 saturated carbocycles. The molecular formula is C27H26N2O3. The fourth-order valence-corrected chi connectivity index (χ4v) is 3.77. The minimum absolute atomic E-state index is 0.234. The molecule has 5 nitrogen and oxygen atoms in total. The fraction of sp³-hybridized carbons (Fsp3) is 0.185. The Balaban J connectivity index is 1.81. The van der Waals surface area contributed by atoms with Crippen molar-refractivity contribution in [3.05, 3.63) is 95.2 Å². The normalized spacial score (nSPS) is 13.8. The highest BCUT2D eigenvalue weighted by Crippen LogP contribution is 2.37. The molecule has 0 bridgehead atoms. The van der Waals surface area contributed by atoms with Crippen molar-refractivity contribution >= 4 is 28.8 Å². The molecule has 3 aromatic rings. The minimum atomic E-state index is -0.396. The Bertz CT molecular complexity index is 1190. The van der Waals surface area contributed by atoms with Gasteiger partial charge in [-0.1, -0.05) is 61.9 Å². The van der Waals surface area contributed by atoms with Crippen molar-refractivity contribution in [2.24, 2.45) is 0 Å². The molecule has 0 fully saturated rings. The zero-order chi connectivity index (χ0) is 22.8. The molecule has 32 heavy (non-hydrogen) atoms. The summed E-state index contributed by atoms with van der Waals surface area (Å²) in [5, 5.41) is 3.21. The van der Waals surface area contributed by atoms with Crippen molar-refractivity contribution in [1.82, 2.24) is 0 Å². The maximum absolute atomic E-state index is 13.6. The zero-order valence-electron chi connectivity index (χ0n) is 18.7. The van der Waals surface area contributed by atoms with E-state index in [1.165, 1.54) is 10.5 Å². The standard InChI is InChI=1S/C27H26N2O3/c1-17(2)19-11-13-20(14-12-19)28-25-24(22-7-5-6-8-23(22)32-4)26(30)29(27(25)31)21-15-9-18(3)10-16-21/h5-17,28H,1-4H3. The number of hydrogen-bond acceptors (Lipinski definition) is 4. The van der Waals surface area contributed by atoms with E-state index in [1.54, 1.807) is 31.4 Å². The Hall–Kier alpha value is -3.86. The van der Waals surface area contributed by atoms with Gasteiger partial charge in [-0.3, -0.25) is 9.59 Å². The molecule has 0 spiro atoms. The Morgan fingerprint density at radius 2 is 1.50 bits per heavy atom. The lowest BCUT2D eigenvalue weighted by atomic mass is 10.0. The molecule has 1 aliphatic rings. The number of benzene rings is 3. The van der Waals surface area contributed by atoms with Gasteiger partial charge in [-0.15, -0.1) is 0 Å². The molecule has 1 aliphatic heterocycles. The van der Waals surface area contributed by atoms with Gasteiger partial charge < -0.3 is 10.1 Å². The van der Waals surface area contributed by atoms with E-state index >= 15 is 0 Å². The van der Waals surface area contributed by atoms with Crippen molar-refractivity contribution in [3.8, 4) is 5.75 Å². The summed E-state index contributed by atoms with van der Waals surface area (Å²) in [5.41, 5.74) is 4.62. The average Bonchev–Trinajstić information content (AvgIpc) is 3.04. The van der Waals surface area contributed by atoms with Crippen molar-refractivity contribution in [2.75, 3.05) is 17.3 Å². The summed E-state index contributed by atoms with van der Waals surface area (Å²) in [5.74, 6) is 0.153. The zero-order valence-corrected chi connectivity index (χ0v) is 18.7.